The molecule has 0 unspecified atom stereocenters. The average Bonchev–Trinajstić information content (AvgIpc) is 2.54. The van der Waals surface area contributed by atoms with Crippen molar-refractivity contribution < 1.29 is 17.3 Å². The standard InChI is InChI=1S/C14H16Cl2N6O3S/c1-18-14(23)11-8(6-10(15)21-22-11)19-13-9(26(2,24)25)5-7(3-4-17)12(16)20-13/h5-6H,3-4,17H2,1-2H3,(H,18,23)(H,19,20,21)/i1D3. The maximum absolute atomic E-state index is 12.2. The van der Waals surface area contributed by atoms with Crippen LogP contribution in [0.4, 0.5) is 11.5 Å². The molecule has 4 N–H and O–H groups in total. The summed E-state index contributed by atoms with van der Waals surface area (Å²) in [6.45, 7) is -2.56. The molecule has 0 aliphatic heterocycles. The Bertz CT molecular complexity index is 1050. The van der Waals surface area contributed by atoms with E-state index in [1.165, 1.54) is 12.1 Å². The van der Waals surface area contributed by atoms with E-state index in [0.717, 1.165) is 6.26 Å². The van der Waals surface area contributed by atoms with Gasteiger partial charge in [0.05, 0.1) is 5.69 Å². The molecule has 0 spiro atoms. The predicted octanol–water partition coefficient (Wildman–Crippen LogP) is 1.19. The molecule has 2 aromatic heterocycles. The number of pyridine rings is 1. The highest BCUT2D eigenvalue weighted by Gasteiger charge is 2.21. The zero-order valence-corrected chi connectivity index (χ0v) is 15.7. The highest BCUT2D eigenvalue weighted by molar-refractivity contribution is 7.90. The maximum atomic E-state index is 12.2. The summed E-state index contributed by atoms with van der Waals surface area (Å²) < 4.78 is 45.9. The number of sulfone groups is 1. The number of halogens is 2. The van der Waals surface area contributed by atoms with E-state index < -0.39 is 28.4 Å². The molecule has 0 saturated carbocycles. The Balaban J connectivity index is 2.58. The van der Waals surface area contributed by atoms with Crippen LogP contribution in [0.25, 0.3) is 0 Å². The van der Waals surface area contributed by atoms with Crippen LogP contribution in [0.3, 0.4) is 0 Å². The van der Waals surface area contributed by atoms with Crippen LogP contribution in [-0.2, 0) is 16.3 Å². The molecule has 1 amide bonds. The molecule has 0 bridgehead atoms. The van der Waals surface area contributed by atoms with Crippen LogP contribution in [0.15, 0.2) is 17.0 Å². The van der Waals surface area contributed by atoms with Crippen LogP contribution >= 0.6 is 23.2 Å². The number of carbonyl (C=O) groups excluding carboxylic acids is 1. The molecule has 0 aliphatic rings. The molecule has 140 valence electrons. The van der Waals surface area contributed by atoms with Gasteiger partial charge in [-0.05, 0) is 24.6 Å². The number of carbonyl (C=O) groups is 1. The second kappa shape index (κ2) is 8.12. The van der Waals surface area contributed by atoms with Crippen molar-refractivity contribution in [2.45, 2.75) is 11.3 Å². The smallest absolute Gasteiger partial charge is 0.273 e. The largest absolute Gasteiger partial charge is 0.354 e. The summed E-state index contributed by atoms with van der Waals surface area (Å²) in [4.78, 5) is 16.1. The lowest BCUT2D eigenvalue weighted by Gasteiger charge is -2.14. The van der Waals surface area contributed by atoms with Crippen molar-refractivity contribution in [2.75, 3.05) is 25.1 Å². The van der Waals surface area contributed by atoms with Gasteiger partial charge >= 0.3 is 0 Å². The molecule has 9 nitrogen and oxygen atoms in total. The van der Waals surface area contributed by atoms with Gasteiger partial charge in [0, 0.05) is 23.4 Å². The van der Waals surface area contributed by atoms with E-state index in [9.17, 15) is 13.2 Å². The van der Waals surface area contributed by atoms with Crippen molar-refractivity contribution in [1.82, 2.24) is 20.5 Å². The Hall–Kier alpha value is -2.01. The summed E-state index contributed by atoms with van der Waals surface area (Å²) in [5, 5.41) is 11.4. The monoisotopic (exact) mass is 421 g/mol. The van der Waals surface area contributed by atoms with Gasteiger partial charge in [0.2, 0.25) is 0 Å². The zero-order valence-electron chi connectivity index (χ0n) is 16.4. The molecule has 2 aromatic rings. The van der Waals surface area contributed by atoms with E-state index in [4.69, 9.17) is 33.0 Å². The molecule has 0 aliphatic carbocycles. The number of rotatable bonds is 6. The summed E-state index contributed by atoms with van der Waals surface area (Å²) in [7, 11) is -3.77. The minimum absolute atomic E-state index is 0.00644. The molecule has 0 atom stereocenters. The molecule has 0 saturated heterocycles. The van der Waals surface area contributed by atoms with Crippen LogP contribution in [0.1, 0.15) is 20.2 Å². The first-order valence-electron chi connectivity index (χ1n) is 8.54. The first-order chi connectivity index (χ1) is 13.3. The lowest BCUT2D eigenvalue weighted by molar-refractivity contribution is 0.0958. The average molecular weight is 422 g/mol. The summed E-state index contributed by atoms with van der Waals surface area (Å²) in [5.41, 5.74) is 5.37. The van der Waals surface area contributed by atoms with Crippen molar-refractivity contribution in [3.8, 4) is 0 Å². The van der Waals surface area contributed by atoms with Crippen LogP contribution in [0.2, 0.25) is 10.3 Å². The Kier molecular flexibility index (Phi) is 5.06. The van der Waals surface area contributed by atoms with Gasteiger partial charge in [-0.25, -0.2) is 13.4 Å². The second-order valence-corrected chi connectivity index (χ2v) is 7.83. The number of nitrogens with two attached hydrogens (primary N) is 1. The van der Waals surface area contributed by atoms with Gasteiger partial charge in [0.25, 0.3) is 5.91 Å². The molecule has 0 radical (unpaired) electrons. The van der Waals surface area contributed by atoms with Gasteiger partial charge in [0.1, 0.15) is 10.0 Å². The first-order valence-corrected chi connectivity index (χ1v) is 9.69. The molecule has 12 heteroatoms. The van der Waals surface area contributed by atoms with Gasteiger partial charge in [-0.2, -0.15) is 0 Å². The molecule has 26 heavy (non-hydrogen) atoms. The highest BCUT2D eigenvalue weighted by Crippen LogP contribution is 2.29. The fourth-order valence-electron chi connectivity index (χ4n) is 2.03. The SMILES string of the molecule is [2H]C([2H])([2H])NC(=O)c1nnc(Cl)cc1Nc1nc(Cl)c(CCN)cc1S(C)(=O)=O. The third-order valence-electron chi connectivity index (χ3n) is 3.17. The van der Waals surface area contributed by atoms with Crippen molar-refractivity contribution in [3.63, 3.8) is 0 Å². The molecule has 0 aromatic carbocycles. The van der Waals surface area contributed by atoms with Gasteiger partial charge < -0.3 is 16.4 Å². The molecular weight excluding hydrogens is 403 g/mol. The Morgan fingerprint density at radius 1 is 1.35 bits per heavy atom. The minimum atomic E-state index is -3.77. The lowest BCUT2D eigenvalue weighted by atomic mass is 10.2. The predicted molar refractivity (Wildman–Crippen MR) is 98.8 cm³/mol. The number of anilines is 2. The number of amides is 1. The molecule has 0 fully saturated rings. The van der Waals surface area contributed by atoms with Crippen LogP contribution in [0, 0.1) is 0 Å². The van der Waals surface area contributed by atoms with Crippen LogP contribution in [-0.4, -0.2) is 49.3 Å². The summed E-state index contributed by atoms with van der Waals surface area (Å²) in [6, 6.07) is 2.48. The second-order valence-electron chi connectivity index (χ2n) is 5.10. The Labute approximate surface area is 164 Å². The topological polar surface area (TPSA) is 140 Å². The van der Waals surface area contributed by atoms with Crippen LogP contribution < -0.4 is 16.4 Å². The van der Waals surface area contributed by atoms with E-state index in [1.807, 2.05) is 0 Å². The van der Waals surface area contributed by atoms with Crippen molar-refractivity contribution in [1.29, 1.82) is 0 Å². The highest BCUT2D eigenvalue weighted by atomic mass is 35.5. The van der Waals surface area contributed by atoms with Gasteiger partial charge in [0.15, 0.2) is 26.5 Å². The van der Waals surface area contributed by atoms with Gasteiger partial charge in [-0.1, -0.05) is 23.2 Å². The van der Waals surface area contributed by atoms with E-state index in [2.05, 4.69) is 20.5 Å². The number of nitrogens with one attached hydrogen (secondary N) is 2. The fourth-order valence-corrected chi connectivity index (χ4v) is 3.22. The van der Waals surface area contributed by atoms with E-state index in [0.29, 0.717) is 12.0 Å². The van der Waals surface area contributed by atoms with Gasteiger partial charge in [-0.15, -0.1) is 10.2 Å². The van der Waals surface area contributed by atoms with Crippen molar-refractivity contribution in [2.24, 2.45) is 5.73 Å². The van der Waals surface area contributed by atoms with Crippen molar-refractivity contribution in [3.05, 3.63) is 33.7 Å². The number of aromatic nitrogens is 3. The van der Waals surface area contributed by atoms with Crippen molar-refractivity contribution >= 4 is 50.5 Å². The number of hydrogen-bond acceptors (Lipinski definition) is 8. The quantitative estimate of drug-likeness (QED) is 0.590. The summed E-state index contributed by atoms with van der Waals surface area (Å²) in [6.07, 6.45) is 1.26. The molecule has 2 heterocycles. The maximum Gasteiger partial charge on any atom is 0.273 e. The van der Waals surface area contributed by atoms with Gasteiger partial charge in [-0.3, -0.25) is 4.79 Å². The lowest BCUT2D eigenvalue weighted by Crippen LogP contribution is -2.21. The normalized spacial score (nSPS) is 13.5. The fraction of sp³-hybridized carbons (Fsp3) is 0.286. The minimum Gasteiger partial charge on any atom is -0.354 e. The number of hydrogen-bond donors (Lipinski definition) is 3. The van der Waals surface area contributed by atoms with E-state index in [1.54, 1.807) is 5.32 Å². The molecular formula is C14H16Cl2N6O3S. The molecule has 2 rings (SSSR count). The first kappa shape index (κ1) is 16.2. The zero-order chi connectivity index (χ0) is 22.0. The Morgan fingerprint density at radius 3 is 2.69 bits per heavy atom. The van der Waals surface area contributed by atoms with E-state index >= 15 is 0 Å². The Morgan fingerprint density at radius 2 is 2.08 bits per heavy atom. The van der Waals surface area contributed by atoms with E-state index in [-0.39, 0.29) is 33.3 Å². The number of nitrogens with zero attached hydrogens (tertiary/aromatic N) is 3. The third-order valence-corrected chi connectivity index (χ3v) is 4.79. The van der Waals surface area contributed by atoms with Crippen LogP contribution in [0.5, 0.6) is 0 Å². The third kappa shape index (κ3) is 4.58. The summed E-state index contributed by atoms with van der Waals surface area (Å²) in [5.74, 6) is -1.28. The summed E-state index contributed by atoms with van der Waals surface area (Å²) >= 11 is 11.9.